The molecule has 3 nitrogen and oxygen atoms in total. The highest BCUT2D eigenvalue weighted by atomic mass is 16.8. The summed E-state index contributed by atoms with van der Waals surface area (Å²) in [5.74, 6) is -0.493. The second-order valence-corrected chi connectivity index (χ2v) is 4.89. The van der Waals surface area contributed by atoms with Crippen LogP contribution in [0.1, 0.15) is 47.5 Å². The number of ether oxygens (including phenoxy) is 3. The van der Waals surface area contributed by atoms with E-state index in [1.165, 1.54) is 0 Å². The predicted molar refractivity (Wildman–Crippen MR) is 55.0 cm³/mol. The van der Waals surface area contributed by atoms with Gasteiger partial charge < -0.3 is 14.2 Å². The van der Waals surface area contributed by atoms with E-state index >= 15 is 0 Å². The van der Waals surface area contributed by atoms with Crippen LogP contribution in [0.5, 0.6) is 0 Å². The second-order valence-electron chi connectivity index (χ2n) is 4.89. The van der Waals surface area contributed by atoms with Crippen LogP contribution in [0.3, 0.4) is 0 Å². The number of hydrogen-bond donors (Lipinski definition) is 0. The van der Waals surface area contributed by atoms with Gasteiger partial charge in [0.25, 0.3) is 0 Å². The lowest BCUT2D eigenvalue weighted by Crippen LogP contribution is -2.32. The number of hydrogen-bond acceptors (Lipinski definition) is 3. The fourth-order valence-corrected chi connectivity index (χ4v) is 1.73. The molecular formula is C11H22O3. The minimum absolute atomic E-state index is 0.122. The van der Waals surface area contributed by atoms with E-state index in [4.69, 9.17) is 14.2 Å². The first-order valence-corrected chi connectivity index (χ1v) is 5.34. The van der Waals surface area contributed by atoms with Gasteiger partial charge in [0, 0.05) is 0 Å². The van der Waals surface area contributed by atoms with Crippen molar-refractivity contribution in [3.63, 3.8) is 0 Å². The van der Waals surface area contributed by atoms with Gasteiger partial charge in [-0.1, -0.05) is 13.3 Å². The lowest BCUT2D eigenvalue weighted by atomic mass is 10.0. The highest BCUT2D eigenvalue weighted by Gasteiger charge is 2.36. The molecule has 3 heteroatoms. The van der Waals surface area contributed by atoms with Gasteiger partial charge in [0.2, 0.25) is 0 Å². The minimum atomic E-state index is -0.493. The van der Waals surface area contributed by atoms with Crippen molar-refractivity contribution in [1.29, 1.82) is 0 Å². The van der Waals surface area contributed by atoms with Crippen LogP contribution < -0.4 is 0 Å². The second kappa shape index (κ2) is 4.17. The zero-order valence-electron chi connectivity index (χ0n) is 9.92. The third-order valence-corrected chi connectivity index (χ3v) is 2.28. The third kappa shape index (κ3) is 3.56. The first-order valence-electron chi connectivity index (χ1n) is 5.34. The van der Waals surface area contributed by atoms with Gasteiger partial charge in [-0.2, -0.15) is 0 Å². The van der Waals surface area contributed by atoms with Crippen LogP contribution >= 0.6 is 0 Å². The Morgan fingerprint density at radius 3 is 2.50 bits per heavy atom. The van der Waals surface area contributed by atoms with E-state index in [1.807, 2.05) is 13.8 Å². The van der Waals surface area contributed by atoms with Crippen molar-refractivity contribution < 1.29 is 14.2 Å². The maximum absolute atomic E-state index is 5.83. The van der Waals surface area contributed by atoms with Crippen LogP contribution in [0.2, 0.25) is 0 Å². The largest absolute Gasteiger partial charge is 0.345 e. The van der Waals surface area contributed by atoms with Gasteiger partial charge in [-0.15, -0.1) is 0 Å². The van der Waals surface area contributed by atoms with Crippen LogP contribution in [-0.4, -0.2) is 24.3 Å². The van der Waals surface area contributed by atoms with Crippen LogP contribution in [0.15, 0.2) is 0 Å². The molecule has 1 rings (SSSR count). The third-order valence-electron chi connectivity index (χ3n) is 2.28. The Hall–Kier alpha value is -0.120. The van der Waals surface area contributed by atoms with Crippen molar-refractivity contribution in [2.24, 2.45) is 0 Å². The molecule has 84 valence electrons. The molecule has 1 aliphatic rings. The summed E-state index contributed by atoms with van der Waals surface area (Å²) in [6.07, 6.45) is 1.93. The van der Waals surface area contributed by atoms with Crippen molar-refractivity contribution in [3.05, 3.63) is 0 Å². The summed E-state index contributed by atoms with van der Waals surface area (Å²) in [7, 11) is 0. The van der Waals surface area contributed by atoms with Crippen molar-refractivity contribution in [2.75, 3.05) is 6.61 Å². The molecule has 0 aromatic heterocycles. The number of rotatable bonds is 4. The summed E-state index contributed by atoms with van der Waals surface area (Å²) in [4.78, 5) is 0. The monoisotopic (exact) mass is 202 g/mol. The molecule has 0 aromatic rings. The fourth-order valence-electron chi connectivity index (χ4n) is 1.73. The van der Waals surface area contributed by atoms with E-state index in [0.29, 0.717) is 6.61 Å². The topological polar surface area (TPSA) is 27.7 Å². The molecule has 1 heterocycles. The SMILES string of the molecule is CCCC(C)(C)OC1COC(C)(C)O1. The average molecular weight is 202 g/mol. The van der Waals surface area contributed by atoms with Crippen LogP contribution in [0.4, 0.5) is 0 Å². The summed E-state index contributed by atoms with van der Waals surface area (Å²) in [5, 5.41) is 0. The fraction of sp³-hybridized carbons (Fsp3) is 1.00. The zero-order valence-corrected chi connectivity index (χ0v) is 9.92. The van der Waals surface area contributed by atoms with Crippen molar-refractivity contribution in [2.45, 2.75) is 65.1 Å². The molecule has 1 aliphatic heterocycles. The summed E-state index contributed by atoms with van der Waals surface area (Å²) < 4.78 is 16.8. The van der Waals surface area contributed by atoms with E-state index in [0.717, 1.165) is 12.8 Å². The molecular weight excluding hydrogens is 180 g/mol. The first kappa shape index (κ1) is 12.0. The van der Waals surface area contributed by atoms with Crippen molar-refractivity contribution in [1.82, 2.24) is 0 Å². The van der Waals surface area contributed by atoms with Gasteiger partial charge in [0.1, 0.15) is 6.61 Å². The Morgan fingerprint density at radius 2 is 2.07 bits per heavy atom. The Bertz CT molecular complexity index is 187. The van der Waals surface area contributed by atoms with Gasteiger partial charge in [0.15, 0.2) is 12.1 Å². The van der Waals surface area contributed by atoms with Crippen molar-refractivity contribution in [3.8, 4) is 0 Å². The van der Waals surface area contributed by atoms with E-state index < -0.39 is 5.79 Å². The summed E-state index contributed by atoms with van der Waals surface area (Å²) in [6, 6.07) is 0. The normalized spacial score (nSPS) is 26.8. The molecule has 1 atom stereocenters. The Morgan fingerprint density at radius 1 is 1.43 bits per heavy atom. The van der Waals surface area contributed by atoms with E-state index in [-0.39, 0.29) is 11.9 Å². The van der Waals surface area contributed by atoms with Gasteiger partial charge >= 0.3 is 0 Å². The van der Waals surface area contributed by atoms with Crippen molar-refractivity contribution >= 4 is 0 Å². The molecule has 0 N–H and O–H groups in total. The Balaban J connectivity index is 2.39. The predicted octanol–water partition coefficient (Wildman–Crippen LogP) is 2.69. The smallest absolute Gasteiger partial charge is 0.184 e. The summed E-state index contributed by atoms with van der Waals surface area (Å²) in [6.45, 7) is 10.7. The van der Waals surface area contributed by atoms with Gasteiger partial charge in [-0.05, 0) is 34.1 Å². The molecule has 0 aliphatic carbocycles. The van der Waals surface area contributed by atoms with Crippen LogP contribution in [0.25, 0.3) is 0 Å². The van der Waals surface area contributed by atoms with Gasteiger partial charge in [-0.3, -0.25) is 0 Å². The first-order chi connectivity index (χ1) is 6.35. The minimum Gasteiger partial charge on any atom is -0.345 e. The van der Waals surface area contributed by atoms with Crippen LogP contribution in [0, 0.1) is 0 Å². The lowest BCUT2D eigenvalue weighted by Gasteiger charge is -2.28. The van der Waals surface area contributed by atoms with E-state index in [2.05, 4.69) is 20.8 Å². The van der Waals surface area contributed by atoms with Gasteiger partial charge in [0.05, 0.1) is 5.60 Å². The summed E-state index contributed by atoms with van der Waals surface area (Å²) >= 11 is 0. The maximum atomic E-state index is 5.83. The molecule has 0 spiro atoms. The Kier molecular flexibility index (Phi) is 3.56. The maximum Gasteiger partial charge on any atom is 0.184 e. The molecule has 1 unspecified atom stereocenters. The van der Waals surface area contributed by atoms with E-state index in [9.17, 15) is 0 Å². The molecule has 0 bridgehead atoms. The van der Waals surface area contributed by atoms with Gasteiger partial charge in [-0.25, -0.2) is 0 Å². The van der Waals surface area contributed by atoms with Crippen LogP contribution in [-0.2, 0) is 14.2 Å². The quantitative estimate of drug-likeness (QED) is 0.701. The molecule has 1 saturated heterocycles. The molecule has 14 heavy (non-hydrogen) atoms. The Labute approximate surface area is 86.7 Å². The lowest BCUT2D eigenvalue weighted by molar-refractivity contribution is -0.223. The highest BCUT2D eigenvalue weighted by Crippen LogP contribution is 2.27. The molecule has 1 fully saturated rings. The molecule has 0 saturated carbocycles. The zero-order chi connectivity index (χ0) is 10.8. The highest BCUT2D eigenvalue weighted by molar-refractivity contribution is 4.72. The average Bonchev–Trinajstić information content (AvgIpc) is 2.28. The summed E-state index contributed by atoms with van der Waals surface area (Å²) in [5.41, 5.74) is -0.122. The molecule has 0 radical (unpaired) electrons. The molecule has 0 amide bonds. The molecule has 0 aromatic carbocycles. The standard InChI is InChI=1S/C11H22O3/c1-6-7-10(2,3)13-9-8-12-11(4,5)14-9/h9H,6-8H2,1-5H3. The van der Waals surface area contributed by atoms with E-state index in [1.54, 1.807) is 0 Å².